The van der Waals surface area contributed by atoms with Crippen LogP contribution < -0.4 is 11.1 Å². The van der Waals surface area contributed by atoms with E-state index < -0.39 is 0 Å². The molecule has 5 nitrogen and oxygen atoms in total. The second-order valence-electron chi connectivity index (χ2n) is 2.21. The van der Waals surface area contributed by atoms with E-state index in [1.165, 1.54) is 4.57 Å². The number of nitrogens with zero attached hydrogens (tertiary/aromatic N) is 3. The van der Waals surface area contributed by atoms with Gasteiger partial charge in [-0.05, 0) is 13.0 Å². The molecule has 1 rings (SSSR count). The maximum atomic E-state index is 11.0. The standard InChI is InChI=1S/C7H10N4O/c1-3-8-10-6-4-5-11(2)7(12)9-6/h3-5H,1-2H3,(H,9,10,12)/b8-3+. The lowest BCUT2D eigenvalue weighted by atomic mass is 10.6. The molecule has 0 aromatic carbocycles. The van der Waals surface area contributed by atoms with Crippen LogP contribution in [0, 0.1) is 0 Å². The largest absolute Gasteiger partial charge is 0.349 e. The van der Waals surface area contributed by atoms with E-state index in [0.29, 0.717) is 5.82 Å². The number of rotatable bonds is 2. The van der Waals surface area contributed by atoms with Gasteiger partial charge < -0.3 is 4.57 Å². The van der Waals surface area contributed by atoms with Crippen LogP contribution in [0.4, 0.5) is 5.82 Å². The zero-order chi connectivity index (χ0) is 8.97. The maximum absolute atomic E-state index is 11.0. The maximum Gasteiger partial charge on any atom is 0.349 e. The van der Waals surface area contributed by atoms with Gasteiger partial charge in [0.2, 0.25) is 0 Å². The van der Waals surface area contributed by atoms with Gasteiger partial charge in [0.05, 0.1) is 0 Å². The summed E-state index contributed by atoms with van der Waals surface area (Å²) in [5, 5.41) is 3.73. The van der Waals surface area contributed by atoms with Crippen LogP contribution in [-0.2, 0) is 7.05 Å². The van der Waals surface area contributed by atoms with Crippen molar-refractivity contribution in [1.82, 2.24) is 9.55 Å². The molecule has 0 atom stereocenters. The Morgan fingerprint density at radius 2 is 2.50 bits per heavy atom. The molecular formula is C7H10N4O. The summed E-state index contributed by atoms with van der Waals surface area (Å²) in [6, 6.07) is 1.68. The third kappa shape index (κ3) is 1.91. The minimum absolute atomic E-state index is 0.300. The van der Waals surface area contributed by atoms with E-state index in [0.717, 1.165) is 0 Å². The normalized spacial score (nSPS) is 10.5. The zero-order valence-electron chi connectivity index (χ0n) is 6.98. The van der Waals surface area contributed by atoms with E-state index >= 15 is 0 Å². The van der Waals surface area contributed by atoms with Crippen molar-refractivity contribution < 1.29 is 0 Å². The molecule has 0 amide bonds. The molecule has 0 saturated heterocycles. The molecule has 12 heavy (non-hydrogen) atoms. The molecule has 64 valence electrons. The van der Waals surface area contributed by atoms with Crippen molar-refractivity contribution >= 4 is 12.0 Å². The van der Waals surface area contributed by atoms with Gasteiger partial charge in [-0.2, -0.15) is 10.1 Å². The molecule has 0 aliphatic carbocycles. The van der Waals surface area contributed by atoms with Gasteiger partial charge in [0, 0.05) is 19.5 Å². The summed E-state index contributed by atoms with van der Waals surface area (Å²) in [4.78, 5) is 14.7. The second kappa shape index (κ2) is 3.66. The zero-order valence-corrected chi connectivity index (χ0v) is 6.98. The Morgan fingerprint density at radius 1 is 1.75 bits per heavy atom. The Morgan fingerprint density at radius 3 is 3.08 bits per heavy atom. The van der Waals surface area contributed by atoms with Crippen molar-refractivity contribution in [1.29, 1.82) is 0 Å². The topological polar surface area (TPSA) is 59.3 Å². The number of hydrazone groups is 1. The van der Waals surface area contributed by atoms with Crippen LogP contribution in [0.3, 0.4) is 0 Å². The van der Waals surface area contributed by atoms with Gasteiger partial charge in [-0.15, -0.1) is 0 Å². The molecule has 0 radical (unpaired) electrons. The molecular weight excluding hydrogens is 156 g/mol. The predicted octanol–water partition coefficient (Wildman–Crippen LogP) is 0.198. The van der Waals surface area contributed by atoms with Gasteiger partial charge in [-0.1, -0.05) is 0 Å². The summed E-state index contributed by atoms with van der Waals surface area (Å²) in [6.45, 7) is 1.77. The van der Waals surface area contributed by atoms with Crippen LogP contribution in [0.5, 0.6) is 0 Å². The van der Waals surface area contributed by atoms with E-state index in [2.05, 4.69) is 15.5 Å². The predicted molar refractivity (Wildman–Crippen MR) is 47.3 cm³/mol. The third-order valence-corrected chi connectivity index (χ3v) is 1.28. The molecule has 0 fully saturated rings. The molecule has 0 aliphatic rings. The molecule has 1 aromatic heterocycles. The Hall–Kier alpha value is -1.65. The molecule has 1 N–H and O–H groups in total. The first-order chi connectivity index (χ1) is 5.74. The van der Waals surface area contributed by atoms with Gasteiger partial charge in [0.1, 0.15) is 0 Å². The highest BCUT2D eigenvalue weighted by Crippen LogP contribution is 1.95. The summed E-state index contributed by atoms with van der Waals surface area (Å²) < 4.78 is 1.39. The Labute approximate surface area is 69.8 Å². The quantitative estimate of drug-likeness (QED) is 0.504. The molecule has 1 heterocycles. The highest BCUT2D eigenvalue weighted by atomic mass is 16.1. The average molecular weight is 166 g/mol. The Bertz CT molecular complexity index is 342. The number of nitrogens with one attached hydrogen (secondary N) is 1. The smallest absolute Gasteiger partial charge is 0.302 e. The lowest BCUT2D eigenvalue weighted by Gasteiger charge is -1.98. The minimum Gasteiger partial charge on any atom is -0.302 e. The van der Waals surface area contributed by atoms with Gasteiger partial charge in [-0.25, -0.2) is 4.79 Å². The van der Waals surface area contributed by atoms with Gasteiger partial charge >= 0.3 is 5.69 Å². The summed E-state index contributed by atoms with van der Waals surface area (Å²) in [5.74, 6) is 0.455. The van der Waals surface area contributed by atoms with E-state index in [9.17, 15) is 4.79 Å². The highest BCUT2D eigenvalue weighted by molar-refractivity contribution is 5.55. The number of aromatic nitrogens is 2. The van der Waals surface area contributed by atoms with Gasteiger partial charge in [-0.3, -0.25) is 5.43 Å². The molecule has 0 aliphatic heterocycles. The van der Waals surface area contributed by atoms with Gasteiger partial charge in [0.25, 0.3) is 0 Å². The van der Waals surface area contributed by atoms with E-state index in [-0.39, 0.29) is 5.69 Å². The molecule has 0 spiro atoms. The summed E-state index contributed by atoms with van der Waals surface area (Å²) in [6.07, 6.45) is 3.21. The molecule has 5 heteroatoms. The first-order valence-corrected chi connectivity index (χ1v) is 3.51. The van der Waals surface area contributed by atoms with E-state index in [4.69, 9.17) is 0 Å². The fourth-order valence-corrected chi connectivity index (χ4v) is 0.658. The van der Waals surface area contributed by atoms with Crippen molar-refractivity contribution in [3.63, 3.8) is 0 Å². The highest BCUT2D eigenvalue weighted by Gasteiger charge is 1.93. The molecule has 1 aromatic rings. The lowest BCUT2D eigenvalue weighted by Crippen LogP contribution is -2.19. The number of hydrogen-bond acceptors (Lipinski definition) is 4. The van der Waals surface area contributed by atoms with Crippen molar-refractivity contribution in [2.24, 2.45) is 12.1 Å². The summed E-state index contributed by atoms with van der Waals surface area (Å²) >= 11 is 0. The number of aryl methyl sites for hydroxylation is 1. The first kappa shape index (κ1) is 8.45. The van der Waals surface area contributed by atoms with E-state index in [1.54, 1.807) is 32.4 Å². The van der Waals surface area contributed by atoms with Crippen LogP contribution in [0.15, 0.2) is 22.2 Å². The lowest BCUT2D eigenvalue weighted by molar-refractivity contribution is 0.811. The van der Waals surface area contributed by atoms with Crippen molar-refractivity contribution in [3.05, 3.63) is 22.7 Å². The second-order valence-corrected chi connectivity index (χ2v) is 2.21. The first-order valence-electron chi connectivity index (χ1n) is 3.51. The Balaban J connectivity index is 2.90. The number of hydrogen-bond donors (Lipinski definition) is 1. The van der Waals surface area contributed by atoms with Crippen LogP contribution in [-0.4, -0.2) is 15.8 Å². The fraction of sp³-hybridized carbons (Fsp3) is 0.286. The summed E-state index contributed by atoms with van der Waals surface area (Å²) in [5.41, 5.74) is 2.31. The Kier molecular flexibility index (Phi) is 2.57. The van der Waals surface area contributed by atoms with Crippen LogP contribution in [0.25, 0.3) is 0 Å². The molecule has 0 bridgehead atoms. The van der Waals surface area contributed by atoms with E-state index in [1.807, 2.05) is 0 Å². The van der Waals surface area contributed by atoms with Crippen molar-refractivity contribution in [2.45, 2.75) is 6.92 Å². The fourth-order valence-electron chi connectivity index (χ4n) is 0.658. The third-order valence-electron chi connectivity index (χ3n) is 1.28. The average Bonchev–Trinajstić information content (AvgIpc) is 2.07. The monoisotopic (exact) mass is 166 g/mol. The molecule has 0 unspecified atom stereocenters. The van der Waals surface area contributed by atoms with Crippen molar-refractivity contribution in [2.75, 3.05) is 5.43 Å². The van der Waals surface area contributed by atoms with Crippen LogP contribution in [0.2, 0.25) is 0 Å². The van der Waals surface area contributed by atoms with Crippen LogP contribution in [0.1, 0.15) is 6.92 Å². The minimum atomic E-state index is -0.300. The SMILES string of the molecule is C/C=N/Nc1ccn(C)c(=O)n1. The summed E-state index contributed by atoms with van der Waals surface area (Å²) in [7, 11) is 1.64. The van der Waals surface area contributed by atoms with Gasteiger partial charge in [0.15, 0.2) is 5.82 Å². The van der Waals surface area contributed by atoms with Crippen LogP contribution >= 0.6 is 0 Å². The number of anilines is 1. The molecule has 0 saturated carbocycles. The van der Waals surface area contributed by atoms with Crippen molar-refractivity contribution in [3.8, 4) is 0 Å².